The van der Waals surface area contributed by atoms with Crippen LogP contribution in [0.4, 0.5) is 0 Å². The van der Waals surface area contributed by atoms with Crippen LogP contribution in [0.1, 0.15) is 42.5 Å². The van der Waals surface area contributed by atoms with Gasteiger partial charge in [-0.15, -0.1) is 0 Å². The molecular weight excluding hydrogens is 314 g/mol. The van der Waals surface area contributed by atoms with Crippen LogP contribution in [0.15, 0.2) is 6.07 Å². The number of methoxy groups -OCH3 is 2. The highest BCUT2D eigenvalue weighted by atomic mass is 16.5. The number of ether oxygens (including phenoxy) is 2. The third kappa shape index (κ3) is 3.94. The van der Waals surface area contributed by atoms with E-state index in [-0.39, 0.29) is 0 Å². The van der Waals surface area contributed by atoms with E-state index in [1.54, 1.807) is 7.11 Å². The van der Waals surface area contributed by atoms with E-state index in [1.165, 1.54) is 16.7 Å². The van der Waals surface area contributed by atoms with Crippen LogP contribution in [0.3, 0.4) is 0 Å². The van der Waals surface area contributed by atoms with E-state index in [4.69, 9.17) is 9.47 Å². The molecule has 0 saturated carbocycles. The average molecular weight is 348 g/mol. The fraction of sp³-hybridized carbons (Fsp3) is 0.700. The zero-order valence-corrected chi connectivity index (χ0v) is 16.2. The highest BCUT2D eigenvalue weighted by Crippen LogP contribution is 2.42. The van der Waals surface area contributed by atoms with Crippen molar-refractivity contribution in [1.29, 1.82) is 0 Å². The fourth-order valence-corrected chi connectivity index (χ4v) is 4.19. The number of likely N-dealkylation sites (N-methyl/N-ethyl adjacent to an activating group) is 1. The summed E-state index contributed by atoms with van der Waals surface area (Å²) in [7, 11) is 5.80. The van der Waals surface area contributed by atoms with Crippen molar-refractivity contribution < 1.29 is 9.47 Å². The van der Waals surface area contributed by atoms with Crippen LogP contribution in [0.25, 0.3) is 0 Å². The molecule has 0 amide bonds. The first-order valence-corrected chi connectivity index (χ1v) is 9.58. The van der Waals surface area contributed by atoms with Crippen LogP contribution in [-0.2, 0) is 13.0 Å². The Hall–Kier alpha value is -1.30. The first-order chi connectivity index (χ1) is 12.2. The van der Waals surface area contributed by atoms with E-state index in [9.17, 15) is 0 Å². The van der Waals surface area contributed by atoms with Gasteiger partial charge in [0.1, 0.15) is 11.5 Å². The molecule has 1 fully saturated rings. The van der Waals surface area contributed by atoms with Crippen LogP contribution < -0.4 is 14.8 Å². The highest BCUT2D eigenvalue weighted by Gasteiger charge is 2.28. The van der Waals surface area contributed by atoms with Gasteiger partial charge in [0.25, 0.3) is 0 Å². The molecule has 3 rings (SSSR count). The van der Waals surface area contributed by atoms with Crippen molar-refractivity contribution in [3.05, 3.63) is 22.8 Å². The summed E-state index contributed by atoms with van der Waals surface area (Å²) < 4.78 is 11.7. The van der Waals surface area contributed by atoms with E-state index in [2.05, 4.69) is 35.2 Å². The zero-order chi connectivity index (χ0) is 17.8. The zero-order valence-electron chi connectivity index (χ0n) is 16.2. The summed E-state index contributed by atoms with van der Waals surface area (Å²) in [5.74, 6) is 2.10. The van der Waals surface area contributed by atoms with Crippen molar-refractivity contribution >= 4 is 0 Å². The van der Waals surface area contributed by atoms with Crippen molar-refractivity contribution in [2.45, 2.75) is 38.8 Å². The highest BCUT2D eigenvalue weighted by molar-refractivity contribution is 5.56. The summed E-state index contributed by atoms with van der Waals surface area (Å²) in [6, 6.07) is 2.58. The lowest BCUT2D eigenvalue weighted by atomic mass is 9.88. The molecule has 0 aliphatic carbocycles. The molecule has 2 heterocycles. The monoisotopic (exact) mass is 347 g/mol. The van der Waals surface area contributed by atoms with Gasteiger partial charge in [-0.3, -0.25) is 4.90 Å². The summed E-state index contributed by atoms with van der Waals surface area (Å²) in [5.41, 5.74) is 3.93. The Bertz CT molecular complexity index is 583. The minimum Gasteiger partial charge on any atom is -0.496 e. The standard InChI is InChI=1S/C20H33N3O2/c1-5-6-17-19-16(7-8-21-17)20(25-4)15(13-18(19)24-3)14-23-11-9-22(2)10-12-23/h13,17,21H,5-12,14H2,1-4H3. The van der Waals surface area contributed by atoms with Crippen molar-refractivity contribution in [1.82, 2.24) is 15.1 Å². The van der Waals surface area contributed by atoms with Gasteiger partial charge >= 0.3 is 0 Å². The fourth-order valence-electron chi connectivity index (χ4n) is 4.19. The van der Waals surface area contributed by atoms with Crippen molar-refractivity contribution in [2.75, 3.05) is 54.0 Å². The van der Waals surface area contributed by atoms with E-state index >= 15 is 0 Å². The van der Waals surface area contributed by atoms with Crippen LogP contribution in [-0.4, -0.2) is 63.8 Å². The molecule has 2 aliphatic heterocycles. The Labute approximate surface area is 152 Å². The predicted octanol–water partition coefficient (Wildman–Crippen LogP) is 2.44. The number of fused-ring (bicyclic) bond motifs is 1. The number of hydrogen-bond donors (Lipinski definition) is 1. The van der Waals surface area contributed by atoms with E-state index in [1.807, 2.05) is 7.11 Å². The van der Waals surface area contributed by atoms with Crippen molar-refractivity contribution in [3.8, 4) is 11.5 Å². The molecule has 0 aromatic heterocycles. The number of nitrogens with one attached hydrogen (secondary N) is 1. The molecule has 1 aromatic carbocycles. The second-order valence-electron chi connectivity index (χ2n) is 7.29. The van der Waals surface area contributed by atoms with Crippen molar-refractivity contribution in [3.63, 3.8) is 0 Å². The second kappa shape index (κ2) is 8.39. The molecule has 2 aliphatic rings. The summed E-state index contributed by atoms with van der Waals surface area (Å²) in [4.78, 5) is 4.91. The molecule has 5 heteroatoms. The Morgan fingerprint density at radius 2 is 1.92 bits per heavy atom. The van der Waals surface area contributed by atoms with Gasteiger partial charge in [0.15, 0.2) is 0 Å². The van der Waals surface area contributed by atoms with Gasteiger partial charge in [-0.1, -0.05) is 13.3 Å². The maximum atomic E-state index is 5.91. The van der Waals surface area contributed by atoms with E-state index in [0.717, 1.165) is 70.0 Å². The summed E-state index contributed by atoms with van der Waals surface area (Å²) in [6.45, 7) is 8.67. The molecule has 5 nitrogen and oxygen atoms in total. The lowest BCUT2D eigenvalue weighted by molar-refractivity contribution is 0.147. The van der Waals surface area contributed by atoms with Crippen molar-refractivity contribution in [2.24, 2.45) is 0 Å². The number of nitrogens with zero attached hydrogens (tertiary/aromatic N) is 2. The summed E-state index contributed by atoms with van der Waals surface area (Å²) in [6.07, 6.45) is 3.29. The molecular formula is C20H33N3O2. The van der Waals surface area contributed by atoms with E-state index < -0.39 is 0 Å². The first kappa shape index (κ1) is 18.5. The second-order valence-corrected chi connectivity index (χ2v) is 7.29. The topological polar surface area (TPSA) is 37.0 Å². The molecule has 1 N–H and O–H groups in total. The molecule has 1 unspecified atom stereocenters. The van der Waals surface area contributed by atoms with Gasteiger partial charge in [-0.25, -0.2) is 0 Å². The third-order valence-corrected chi connectivity index (χ3v) is 5.57. The maximum absolute atomic E-state index is 5.91. The van der Waals surface area contributed by atoms with Crippen LogP contribution in [0, 0.1) is 0 Å². The number of hydrogen-bond acceptors (Lipinski definition) is 5. The SMILES string of the molecule is CCCC1NCCc2c(OC)c(CN3CCN(C)CC3)cc(OC)c21. The average Bonchev–Trinajstić information content (AvgIpc) is 2.63. The van der Waals surface area contributed by atoms with Gasteiger partial charge in [-0.05, 0) is 32.5 Å². The van der Waals surface area contributed by atoms with E-state index in [0.29, 0.717) is 6.04 Å². The van der Waals surface area contributed by atoms with Crippen LogP contribution in [0.5, 0.6) is 11.5 Å². The van der Waals surface area contributed by atoms with Gasteiger partial charge < -0.3 is 19.7 Å². The van der Waals surface area contributed by atoms with Gasteiger partial charge in [0.2, 0.25) is 0 Å². The lowest BCUT2D eigenvalue weighted by Crippen LogP contribution is -2.44. The molecule has 1 atom stereocenters. The number of benzene rings is 1. The van der Waals surface area contributed by atoms with Gasteiger partial charge in [0, 0.05) is 55.5 Å². The summed E-state index contributed by atoms with van der Waals surface area (Å²) >= 11 is 0. The minimum absolute atomic E-state index is 0.371. The first-order valence-electron chi connectivity index (χ1n) is 9.58. The van der Waals surface area contributed by atoms with Gasteiger partial charge in [-0.2, -0.15) is 0 Å². The minimum atomic E-state index is 0.371. The molecule has 1 saturated heterocycles. The summed E-state index contributed by atoms with van der Waals surface area (Å²) in [5, 5.41) is 3.66. The largest absolute Gasteiger partial charge is 0.496 e. The lowest BCUT2D eigenvalue weighted by Gasteiger charge is -2.34. The van der Waals surface area contributed by atoms with Crippen LogP contribution in [0.2, 0.25) is 0 Å². The number of piperazine rings is 1. The smallest absolute Gasteiger partial charge is 0.127 e. The molecule has 25 heavy (non-hydrogen) atoms. The Balaban J connectivity index is 1.93. The maximum Gasteiger partial charge on any atom is 0.127 e. The predicted molar refractivity (Wildman–Crippen MR) is 102 cm³/mol. The molecule has 1 aromatic rings. The normalized spacial score (nSPS) is 21.8. The van der Waals surface area contributed by atoms with Crippen LogP contribution >= 0.6 is 0 Å². The molecule has 0 spiro atoms. The number of rotatable bonds is 6. The molecule has 0 radical (unpaired) electrons. The Morgan fingerprint density at radius 1 is 1.16 bits per heavy atom. The quantitative estimate of drug-likeness (QED) is 0.855. The third-order valence-electron chi connectivity index (χ3n) is 5.57. The molecule has 0 bridgehead atoms. The Kier molecular flexibility index (Phi) is 6.20. The van der Waals surface area contributed by atoms with Gasteiger partial charge in [0.05, 0.1) is 14.2 Å². The molecule has 140 valence electrons. The Morgan fingerprint density at radius 3 is 2.56 bits per heavy atom.